The molecule has 0 aliphatic rings. The number of hydrogen-bond donors (Lipinski definition) is 0. The Labute approximate surface area is 92.4 Å². The molecule has 0 saturated heterocycles. The predicted molar refractivity (Wildman–Crippen MR) is 56.9 cm³/mol. The van der Waals surface area contributed by atoms with Crippen molar-refractivity contribution in [1.29, 1.82) is 0 Å². The summed E-state index contributed by atoms with van der Waals surface area (Å²) in [6, 6.07) is 3.41. The summed E-state index contributed by atoms with van der Waals surface area (Å²) in [4.78, 5) is 11.0. The van der Waals surface area contributed by atoms with Crippen molar-refractivity contribution in [3.05, 3.63) is 31.7 Å². The van der Waals surface area contributed by atoms with Gasteiger partial charge in [0.15, 0.2) is 5.78 Å². The molecule has 0 aliphatic heterocycles. The van der Waals surface area contributed by atoms with Gasteiger partial charge in [-0.05, 0) is 50.9 Å². The highest BCUT2D eigenvalue weighted by Gasteiger charge is 2.07. The summed E-state index contributed by atoms with van der Waals surface area (Å²) in [5.74, 6) is 0.0214. The third-order valence-corrected chi connectivity index (χ3v) is 3.50. The highest BCUT2D eigenvalue weighted by atomic mass is 79.9. The summed E-state index contributed by atoms with van der Waals surface area (Å²) >= 11 is 12.4. The quantitative estimate of drug-likeness (QED) is 0.564. The van der Waals surface area contributed by atoms with E-state index in [2.05, 4.69) is 31.9 Å². The van der Waals surface area contributed by atoms with Crippen LogP contribution >= 0.6 is 43.5 Å². The molecule has 0 fully saturated rings. The summed E-state index contributed by atoms with van der Waals surface area (Å²) < 4.78 is 1.45. The average molecular weight is 312 g/mol. The molecule has 1 aromatic carbocycles. The lowest BCUT2D eigenvalue weighted by Gasteiger charge is -2.01. The van der Waals surface area contributed by atoms with E-state index in [1.807, 2.05) is 0 Å². The second-order valence-electron chi connectivity index (χ2n) is 2.31. The van der Waals surface area contributed by atoms with Crippen molar-refractivity contribution < 1.29 is 4.79 Å². The number of ketones is 1. The maximum Gasteiger partial charge on any atom is 0.159 e. The lowest BCUT2D eigenvalue weighted by molar-refractivity contribution is 0.101. The molecule has 1 aromatic rings. The highest BCUT2D eigenvalue weighted by Crippen LogP contribution is 2.31. The van der Waals surface area contributed by atoms with Crippen LogP contribution in [0.25, 0.3) is 0 Å². The van der Waals surface area contributed by atoms with E-state index >= 15 is 0 Å². The van der Waals surface area contributed by atoms with Crippen LogP contribution in [0.15, 0.2) is 21.1 Å². The molecule has 0 unspecified atom stereocenters. The second-order valence-corrected chi connectivity index (χ2v) is 4.40. The lowest BCUT2D eigenvalue weighted by atomic mass is 10.2. The van der Waals surface area contributed by atoms with Gasteiger partial charge in [-0.3, -0.25) is 4.79 Å². The molecule has 0 spiro atoms. The van der Waals surface area contributed by atoms with Crippen LogP contribution in [0, 0.1) is 0 Å². The average Bonchev–Trinajstić information content (AvgIpc) is 1.99. The first-order valence-corrected chi connectivity index (χ1v) is 5.14. The van der Waals surface area contributed by atoms with Crippen LogP contribution in [-0.2, 0) is 0 Å². The molecule has 0 aliphatic carbocycles. The van der Waals surface area contributed by atoms with Crippen molar-refractivity contribution >= 4 is 49.2 Å². The normalized spacial score (nSPS) is 10.0. The molecule has 1 rings (SSSR count). The molecule has 0 aromatic heterocycles. The maximum atomic E-state index is 11.0. The molecule has 4 heteroatoms. The first-order valence-electron chi connectivity index (χ1n) is 3.18. The minimum absolute atomic E-state index is 0.0214. The molecule has 12 heavy (non-hydrogen) atoms. The molecule has 1 nitrogen and oxygen atoms in total. The van der Waals surface area contributed by atoms with Gasteiger partial charge in [-0.1, -0.05) is 11.6 Å². The van der Waals surface area contributed by atoms with Gasteiger partial charge in [-0.25, -0.2) is 0 Å². The molecule has 0 amide bonds. The Bertz CT molecular complexity index is 313. The van der Waals surface area contributed by atoms with Gasteiger partial charge in [0.2, 0.25) is 0 Å². The zero-order valence-electron chi connectivity index (χ0n) is 6.20. The third-order valence-electron chi connectivity index (χ3n) is 1.39. The van der Waals surface area contributed by atoms with Crippen LogP contribution in [-0.4, -0.2) is 5.78 Å². The van der Waals surface area contributed by atoms with Crippen molar-refractivity contribution in [3.63, 3.8) is 0 Å². The fourth-order valence-corrected chi connectivity index (χ4v) is 2.05. The number of halogens is 3. The van der Waals surface area contributed by atoms with Crippen LogP contribution in [0.4, 0.5) is 0 Å². The third kappa shape index (κ3) is 2.09. The Hall–Kier alpha value is 0.140. The summed E-state index contributed by atoms with van der Waals surface area (Å²) in [5, 5.41) is 0.583. The summed E-state index contributed by atoms with van der Waals surface area (Å²) in [6.45, 7) is 1.52. The van der Waals surface area contributed by atoms with E-state index in [1.54, 1.807) is 12.1 Å². The number of carbonyl (C=O) groups is 1. The van der Waals surface area contributed by atoms with Gasteiger partial charge in [-0.15, -0.1) is 0 Å². The Kier molecular flexibility index (Phi) is 3.32. The maximum absolute atomic E-state index is 11.0. The van der Waals surface area contributed by atoms with E-state index in [0.717, 1.165) is 8.95 Å². The molecular weight excluding hydrogens is 307 g/mol. The van der Waals surface area contributed by atoms with Gasteiger partial charge in [0.25, 0.3) is 0 Å². The zero-order valence-corrected chi connectivity index (χ0v) is 10.1. The van der Waals surface area contributed by atoms with E-state index < -0.39 is 0 Å². The SMILES string of the molecule is CC(=O)c1cc(Br)c(Cl)c(Br)c1. The highest BCUT2D eigenvalue weighted by molar-refractivity contribution is 9.11. The first-order chi connectivity index (χ1) is 5.52. The fourth-order valence-electron chi connectivity index (χ4n) is 0.759. The molecule has 0 radical (unpaired) electrons. The minimum atomic E-state index is 0.0214. The van der Waals surface area contributed by atoms with Gasteiger partial charge >= 0.3 is 0 Å². The van der Waals surface area contributed by atoms with E-state index in [4.69, 9.17) is 11.6 Å². The summed E-state index contributed by atoms with van der Waals surface area (Å²) in [7, 11) is 0. The number of benzene rings is 1. The van der Waals surface area contributed by atoms with E-state index in [1.165, 1.54) is 6.92 Å². The zero-order chi connectivity index (χ0) is 9.30. The van der Waals surface area contributed by atoms with Crippen molar-refractivity contribution in [3.8, 4) is 0 Å². The van der Waals surface area contributed by atoms with E-state index in [0.29, 0.717) is 10.6 Å². The van der Waals surface area contributed by atoms with Crippen LogP contribution in [0.5, 0.6) is 0 Å². The minimum Gasteiger partial charge on any atom is -0.295 e. The molecule has 0 heterocycles. The monoisotopic (exact) mass is 310 g/mol. The Balaban J connectivity index is 3.31. The van der Waals surface area contributed by atoms with Crippen LogP contribution in [0.3, 0.4) is 0 Å². The van der Waals surface area contributed by atoms with E-state index in [-0.39, 0.29) is 5.78 Å². The Morgan fingerprint density at radius 1 is 1.33 bits per heavy atom. The van der Waals surface area contributed by atoms with Crippen LogP contribution < -0.4 is 0 Å². The summed E-state index contributed by atoms with van der Waals surface area (Å²) in [5.41, 5.74) is 0.637. The predicted octanol–water partition coefficient (Wildman–Crippen LogP) is 4.07. The Morgan fingerprint density at radius 3 is 2.08 bits per heavy atom. The van der Waals surface area contributed by atoms with Crippen molar-refractivity contribution in [2.45, 2.75) is 6.92 Å². The fraction of sp³-hybridized carbons (Fsp3) is 0.125. The van der Waals surface area contributed by atoms with Crippen molar-refractivity contribution in [2.75, 3.05) is 0 Å². The van der Waals surface area contributed by atoms with Gasteiger partial charge in [0.1, 0.15) is 0 Å². The summed E-state index contributed by atoms with van der Waals surface area (Å²) in [6.07, 6.45) is 0. The van der Waals surface area contributed by atoms with E-state index in [9.17, 15) is 4.79 Å². The van der Waals surface area contributed by atoms with Gasteiger partial charge in [0.05, 0.1) is 5.02 Å². The number of carbonyl (C=O) groups excluding carboxylic acids is 1. The van der Waals surface area contributed by atoms with Gasteiger partial charge in [-0.2, -0.15) is 0 Å². The number of Topliss-reactive ketones (excluding diaryl/α,β-unsaturated/α-hetero) is 1. The Morgan fingerprint density at radius 2 is 1.75 bits per heavy atom. The van der Waals surface area contributed by atoms with Crippen LogP contribution in [0.2, 0.25) is 5.02 Å². The van der Waals surface area contributed by atoms with Crippen molar-refractivity contribution in [1.82, 2.24) is 0 Å². The van der Waals surface area contributed by atoms with Gasteiger partial charge in [0, 0.05) is 14.5 Å². The van der Waals surface area contributed by atoms with Gasteiger partial charge < -0.3 is 0 Å². The standard InChI is InChI=1S/C8H5Br2ClO/c1-4(12)5-2-6(9)8(11)7(10)3-5/h2-3H,1H3. The number of rotatable bonds is 1. The topological polar surface area (TPSA) is 17.1 Å². The van der Waals surface area contributed by atoms with Crippen LogP contribution in [0.1, 0.15) is 17.3 Å². The largest absolute Gasteiger partial charge is 0.295 e. The molecule has 0 atom stereocenters. The van der Waals surface area contributed by atoms with Crippen molar-refractivity contribution in [2.24, 2.45) is 0 Å². The second kappa shape index (κ2) is 3.90. The first kappa shape index (κ1) is 10.2. The smallest absolute Gasteiger partial charge is 0.159 e. The molecule has 0 N–H and O–H groups in total. The molecule has 0 saturated carbocycles. The molecular formula is C8H5Br2ClO. The lowest BCUT2D eigenvalue weighted by Crippen LogP contribution is -1.91. The molecule has 64 valence electrons. The number of hydrogen-bond acceptors (Lipinski definition) is 1. The molecule has 0 bridgehead atoms.